The lowest BCUT2D eigenvalue weighted by Crippen LogP contribution is -2.55. The molecule has 0 bridgehead atoms. The van der Waals surface area contributed by atoms with Crippen LogP contribution in [0.4, 0.5) is 4.39 Å². The van der Waals surface area contributed by atoms with Crippen molar-refractivity contribution in [2.45, 2.75) is 78.0 Å². The first-order chi connectivity index (χ1) is 24.3. The van der Waals surface area contributed by atoms with Gasteiger partial charge in [0.05, 0.1) is 24.1 Å². The van der Waals surface area contributed by atoms with E-state index in [1.165, 1.54) is 12.1 Å². The number of para-hydroxylation sites is 3. The third-order valence-corrected chi connectivity index (χ3v) is 8.32. The van der Waals surface area contributed by atoms with Gasteiger partial charge >= 0.3 is 0 Å². The normalized spacial score (nSPS) is 19.3. The molecular weight excluding hydrogens is 655 g/mol. The number of benzene rings is 3. The molecule has 1 aliphatic heterocycles. The molecule has 274 valence electrons. The summed E-state index contributed by atoms with van der Waals surface area (Å²) in [5, 5.41) is 8.32. The molecule has 0 saturated carbocycles. The third kappa shape index (κ3) is 11.2. The van der Waals surface area contributed by atoms with E-state index in [2.05, 4.69) is 29.8 Å². The summed E-state index contributed by atoms with van der Waals surface area (Å²) in [6, 6.07) is 16.5. The van der Waals surface area contributed by atoms with Crippen LogP contribution in [-0.4, -0.2) is 73.0 Å². The maximum atomic E-state index is 14.8. The van der Waals surface area contributed by atoms with Crippen LogP contribution in [0.5, 0.6) is 23.0 Å². The van der Waals surface area contributed by atoms with Gasteiger partial charge < -0.3 is 35.1 Å². The highest BCUT2D eigenvalue weighted by molar-refractivity contribution is 6.01. The van der Waals surface area contributed by atoms with E-state index in [1.54, 1.807) is 73.5 Å². The average molecular weight is 705 g/mol. The number of hydrogen-bond acceptors (Lipinski definition) is 7. The molecule has 1 heterocycles. The topological polar surface area (TPSA) is 135 Å². The minimum absolute atomic E-state index is 0.0783. The highest BCUT2D eigenvalue weighted by atomic mass is 19.1. The fraction of sp³-hybridized carbons (Fsp3) is 0.436. The number of carbonyl (C=O) groups excluding carboxylic acids is 4. The molecule has 4 amide bonds. The first-order valence-electron chi connectivity index (χ1n) is 17.4. The zero-order valence-electron chi connectivity index (χ0n) is 30.1. The molecule has 4 atom stereocenters. The van der Waals surface area contributed by atoms with Gasteiger partial charge in [0.1, 0.15) is 36.8 Å². The molecule has 3 N–H and O–H groups in total. The molecule has 0 radical (unpaired) electrons. The van der Waals surface area contributed by atoms with Gasteiger partial charge in [0, 0.05) is 7.05 Å². The summed E-state index contributed by atoms with van der Waals surface area (Å²) in [6.07, 6.45) is 0.582. The predicted molar refractivity (Wildman–Crippen MR) is 191 cm³/mol. The number of carbonyl (C=O) groups is 4. The van der Waals surface area contributed by atoms with Crippen LogP contribution in [0, 0.1) is 17.7 Å². The molecule has 1 aliphatic rings. The number of nitrogens with zero attached hydrogens (tertiary/aromatic N) is 1. The summed E-state index contributed by atoms with van der Waals surface area (Å²) in [5.41, 5.74) is 0.177. The van der Waals surface area contributed by atoms with Gasteiger partial charge in [-0.3, -0.25) is 19.2 Å². The van der Waals surface area contributed by atoms with Crippen LogP contribution in [0.15, 0.2) is 72.8 Å². The quantitative estimate of drug-likeness (QED) is 0.241. The molecule has 0 aliphatic carbocycles. The second-order valence-corrected chi connectivity index (χ2v) is 13.7. The second kappa shape index (κ2) is 18.2. The molecule has 51 heavy (non-hydrogen) atoms. The van der Waals surface area contributed by atoms with Gasteiger partial charge in [-0.1, -0.05) is 64.1 Å². The maximum absolute atomic E-state index is 14.8. The van der Waals surface area contributed by atoms with Crippen LogP contribution in [-0.2, 0) is 14.4 Å². The lowest BCUT2D eigenvalue weighted by atomic mass is 9.99. The van der Waals surface area contributed by atoms with Crippen molar-refractivity contribution >= 4 is 23.6 Å². The van der Waals surface area contributed by atoms with Crippen LogP contribution in [0.1, 0.15) is 64.2 Å². The number of amides is 4. The predicted octanol–water partition coefficient (Wildman–Crippen LogP) is 5.49. The number of fused-ring (bicyclic) bond motifs is 1. The van der Waals surface area contributed by atoms with E-state index in [4.69, 9.17) is 14.2 Å². The Morgan fingerprint density at radius 2 is 1.61 bits per heavy atom. The van der Waals surface area contributed by atoms with Gasteiger partial charge in [0.25, 0.3) is 5.91 Å². The van der Waals surface area contributed by atoms with E-state index in [9.17, 15) is 23.6 Å². The molecule has 0 saturated heterocycles. The number of halogens is 1. The first-order valence-corrected chi connectivity index (χ1v) is 17.4. The summed E-state index contributed by atoms with van der Waals surface area (Å²) in [6.45, 7) is 9.72. The van der Waals surface area contributed by atoms with Crippen molar-refractivity contribution in [3.05, 3.63) is 84.2 Å². The number of ether oxygens (including phenoxy) is 3. The van der Waals surface area contributed by atoms with Crippen LogP contribution >= 0.6 is 0 Å². The highest BCUT2D eigenvalue weighted by Crippen LogP contribution is 2.34. The van der Waals surface area contributed by atoms with E-state index in [-0.39, 0.29) is 59.8 Å². The van der Waals surface area contributed by atoms with E-state index in [0.717, 1.165) is 0 Å². The summed E-state index contributed by atoms with van der Waals surface area (Å²) in [7, 11) is 1.70. The first kappa shape index (κ1) is 38.7. The lowest BCUT2D eigenvalue weighted by molar-refractivity contribution is -0.138. The zero-order valence-corrected chi connectivity index (χ0v) is 30.1. The smallest absolute Gasteiger partial charge is 0.255 e. The van der Waals surface area contributed by atoms with E-state index < -0.39 is 48.1 Å². The Hall–Kier alpha value is -5.13. The van der Waals surface area contributed by atoms with Crippen molar-refractivity contribution < 1.29 is 37.8 Å². The minimum atomic E-state index is -1.32. The van der Waals surface area contributed by atoms with Gasteiger partial charge in [-0.05, 0) is 68.0 Å². The van der Waals surface area contributed by atoms with Gasteiger partial charge in [-0.2, -0.15) is 0 Å². The van der Waals surface area contributed by atoms with Crippen molar-refractivity contribution in [3.63, 3.8) is 0 Å². The fourth-order valence-electron chi connectivity index (χ4n) is 5.76. The van der Waals surface area contributed by atoms with Crippen molar-refractivity contribution in [2.24, 2.45) is 11.8 Å². The molecule has 4 rings (SSSR count). The molecule has 11 nitrogen and oxygen atoms in total. The van der Waals surface area contributed by atoms with E-state index in [1.807, 2.05) is 19.9 Å². The Balaban J connectivity index is 1.55. The maximum Gasteiger partial charge on any atom is 0.255 e. The third-order valence-electron chi connectivity index (χ3n) is 8.32. The van der Waals surface area contributed by atoms with Crippen LogP contribution < -0.4 is 30.2 Å². The molecule has 0 aromatic heterocycles. The Kier molecular flexibility index (Phi) is 13.8. The molecule has 0 spiro atoms. The van der Waals surface area contributed by atoms with Crippen LogP contribution in [0.3, 0.4) is 0 Å². The number of hydrogen-bond donors (Lipinski definition) is 3. The SMILES string of the molecule is CC(C)C[C@@H]1COc2ccccc2C(=O)N[C@H](C(=O)N[C@H](C)COc2cccc(F)c2Oc2ccccc2)CC(=O)N[C@@H](CC(C)C)C(=O)N1C. The van der Waals surface area contributed by atoms with Crippen molar-refractivity contribution in [1.29, 1.82) is 0 Å². The van der Waals surface area contributed by atoms with E-state index in [0.29, 0.717) is 18.6 Å². The Bertz CT molecular complexity index is 1650. The Morgan fingerprint density at radius 3 is 2.31 bits per heavy atom. The van der Waals surface area contributed by atoms with Crippen molar-refractivity contribution in [2.75, 3.05) is 20.3 Å². The molecule has 3 aromatic carbocycles. The number of rotatable bonds is 11. The molecule has 3 aromatic rings. The molecule has 12 heteroatoms. The summed E-state index contributed by atoms with van der Waals surface area (Å²) >= 11 is 0. The molecular formula is C39H49FN4O7. The fourth-order valence-corrected chi connectivity index (χ4v) is 5.76. The highest BCUT2D eigenvalue weighted by Gasteiger charge is 2.33. The Labute approximate surface area is 299 Å². The monoisotopic (exact) mass is 704 g/mol. The van der Waals surface area contributed by atoms with Gasteiger partial charge in [0.2, 0.25) is 23.5 Å². The van der Waals surface area contributed by atoms with Crippen LogP contribution in [0.25, 0.3) is 0 Å². The van der Waals surface area contributed by atoms with E-state index >= 15 is 0 Å². The summed E-state index contributed by atoms with van der Waals surface area (Å²) in [5.74, 6) is -1.67. The molecule has 0 unspecified atom stereocenters. The lowest BCUT2D eigenvalue weighted by Gasteiger charge is -2.33. The van der Waals surface area contributed by atoms with Gasteiger partial charge in [-0.15, -0.1) is 0 Å². The number of likely N-dealkylation sites (N-methyl/N-ethyl adjacent to an activating group) is 1. The average Bonchev–Trinajstić information content (AvgIpc) is 3.08. The molecule has 0 fully saturated rings. The van der Waals surface area contributed by atoms with Crippen LogP contribution in [0.2, 0.25) is 0 Å². The van der Waals surface area contributed by atoms with Gasteiger partial charge in [-0.25, -0.2) is 4.39 Å². The summed E-state index contributed by atoms with van der Waals surface area (Å²) < 4.78 is 32.5. The number of nitrogens with one attached hydrogen (secondary N) is 3. The minimum Gasteiger partial charge on any atom is -0.491 e. The van der Waals surface area contributed by atoms with Crippen molar-refractivity contribution in [3.8, 4) is 23.0 Å². The summed E-state index contributed by atoms with van der Waals surface area (Å²) in [4.78, 5) is 56.3. The van der Waals surface area contributed by atoms with Crippen molar-refractivity contribution in [1.82, 2.24) is 20.9 Å². The largest absolute Gasteiger partial charge is 0.491 e. The second-order valence-electron chi connectivity index (χ2n) is 13.7. The Morgan fingerprint density at radius 1 is 0.922 bits per heavy atom. The van der Waals surface area contributed by atoms with Gasteiger partial charge in [0.15, 0.2) is 11.6 Å². The standard InChI is InChI=1S/C39H49FN4O7/c1-24(2)19-27-23-50-33-17-11-10-15-29(33)37(46)43-31(21-35(45)42-32(20-25(3)4)39(48)44(27)6)38(47)41-26(5)22-49-34-18-12-16-30(40)36(34)51-28-13-8-7-9-14-28/h7-18,24-27,31-32H,19-23H2,1-6H3,(H,41,47)(H,42,45)(H,43,46)/t26-,27-,31+,32+/m1/s1. The zero-order chi connectivity index (χ0) is 37.1.